The summed E-state index contributed by atoms with van der Waals surface area (Å²) in [5.74, 6) is 0. The average molecular weight is 300 g/mol. The first-order chi connectivity index (χ1) is 8.50. The average Bonchev–Trinajstić information content (AvgIpc) is 2.24. The first-order valence-corrected chi connectivity index (χ1v) is 11.0. The predicted molar refractivity (Wildman–Crippen MR) is 82.8 cm³/mol. The molecule has 1 rings (SSSR count). The van der Waals surface area contributed by atoms with E-state index in [1.807, 2.05) is 6.07 Å². The summed E-state index contributed by atoms with van der Waals surface area (Å²) >= 11 is 0. The van der Waals surface area contributed by atoms with Crippen LogP contribution in [-0.2, 0) is 22.0 Å². The molecule has 19 heavy (non-hydrogen) atoms. The van der Waals surface area contributed by atoms with Gasteiger partial charge in [0.2, 0.25) is 0 Å². The molecule has 5 heteroatoms. The SMILES string of the molecule is CCc1ccc(S(=O)(=O)O)c([SiH](C)C)c1C(C)(C)C. The Kier molecular flexibility index (Phi) is 4.65. The van der Waals surface area contributed by atoms with Gasteiger partial charge >= 0.3 is 0 Å². The van der Waals surface area contributed by atoms with Crippen molar-refractivity contribution >= 4 is 24.1 Å². The normalized spacial score (nSPS) is 13.1. The fourth-order valence-electron chi connectivity index (χ4n) is 2.62. The van der Waals surface area contributed by atoms with E-state index >= 15 is 0 Å². The Morgan fingerprint density at radius 3 is 2.05 bits per heavy atom. The lowest BCUT2D eigenvalue weighted by molar-refractivity contribution is 0.483. The van der Waals surface area contributed by atoms with Gasteiger partial charge in [-0.1, -0.05) is 46.9 Å². The summed E-state index contributed by atoms with van der Waals surface area (Å²) in [7, 11) is -5.54. The van der Waals surface area contributed by atoms with Crippen molar-refractivity contribution in [3.05, 3.63) is 23.3 Å². The van der Waals surface area contributed by atoms with Crippen molar-refractivity contribution in [3.8, 4) is 0 Å². The highest BCUT2D eigenvalue weighted by Crippen LogP contribution is 2.28. The summed E-state index contributed by atoms with van der Waals surface area (Å²) in [6.45, 7) is 12.5. The molecular formula is C14H24O3SSi. The van der Waals surface area contributed by atoms with Crippen molar-refractivity contribution in [2.45, 2.75) is 57.5 Å². The molecule has 0 aliphatic heterocycles. The quantitative estimate of drug-likeness (QED) is 0.689. The van der Waals surface area contributed by atoms with Crippen LogP contribution in [0.5, 0.6) is 0 Å². The van der Waals surface area contributed by atoms with E-state index in [4.69, 9.17) is 0 Å². The smallest absolute Gasteiger partial charge is 0.282 e. The first kappa shape index (κ1) is 16.4. The molecule has 0 aliphatic carbocycles. The number of hydrogen-bond acceptors (Lipinski definition) is 2. The van der Waals surface area contributed by atoms with Gasteiger partial charge in [0, 0.05) is 0 Å². The number of hydrogen-bond donors (Lipinski definition) is 1. The van der Waals surface area contributed by atoms with E-state index < -0.39 is 18.9 Å². The lowest BCUT2D eigenvalue weighted by atomic mass is 9.83. The molecule has 1 aromatic rings. The molecule has 3 nitrogen and oxygen atoms in total. The van der Waals surface area contributed by atoms with E-state index in [1.165, 1.54) is 5.56 Å². The highest BCUT2D eigenvalue weighted by molar-refractivity contribution is 7.86. The monoisotopic (exact) mass is 300 g/mol. The molecule has 0 spiro atoms. The van der Waals surface area contributed by atoms with E-state index in [0.717, 1.165) is 17.2 Å². The zero-order valence-electron chi connectivity index (χ0n) is 12.6. The minimum atomic E-state index is -4.15. The highest BCUT2D eigenvalue weighted by atomic mass is 32.2. The number of rotatable bonds is 3. The van der Waals surface area contributed by atoms with Gasteiger partial charge in [0.05, 0.1) is 13.7 Å². The Bertz CT molecular complexity index is 569. The van der Waals surface area contributed by atoms with Gasteiger partial charge < -0.3 is 0 Å². The van der Waals surface area contributed by atoms with Crippen LogP contribution in [0.1, 0.15) is 38.8 Å². The van der Waals surface area contributed by atoms with E-state index in [0.29, 0.717) is 0 Å². The molecule has 0 fully saturated rings. The molecule has 108 valence electrons. The maximum Gasteiger partial charge on any atom is 0.294 e. The maximum absolute atomic E-state index is 11.6. The highest BCUT2D eigenvalue weighted by Gasteiger charge is 2.28. The second kappa shape index (κ2) is 5.38. The molecule has 0 unspecified atom stereocenters. The summed E-state index contributed by atoms with van der Waals surface area (Å²) < 4.78 is 32.7. The Balaban J connectivity index is 3.85. The summed E-state index contributed by atoms with van der Waals surface area (Å²) in [5.41, 5.74) is 2.15. The van der Waals surface area contributed by atoms with E-state index in [-0.39, 0.29) is 10.3 Å². The second-order valence-corrected chi connectivity index (χ2v) is 10.5. The van der Waals surface area contributed by atoms with Crippen molar-refractivity contribution in [2.24, 2.45) is 0 Å². The summed E-state index contributed by atoms with van der Waals surface area (Å²) in [6, 6.07) is 3.40. The lowest BCUT2D eigenvalue weighted by Crippen LogP contribution is -2.38. The summed E-state index contributed by atoms with van der Waals surface area (Å²) in [5, 5.41) is 0.884. The van der Waals surface area contributed by atoms with Gasteiger partial charge in [0.25, 0.3) is 10.1 Å². The van der Waals surface area contributed by atoms with Crippen LogP contribution in [0.2, 0.25) is 13.1 Å². The van der Waals surface area contributed by atoms with Gasteiger partial charge in [0.1, 0.15) is 0 Å². The number of aryl methyl sites for hydroxylation is 1. The van der Waals surface area contributed by atoms with E-state index in [1.54, 1.807) is 6.07 Å². The Morgan fingerprint density at radius 1 is 1.21 bits per heavy atom. The van der Waals surface area contributed by atoms with Crippen molar-refractivity contribution in [1.82, 2.24) is 0 Å². The Morgan fingerprint density at radius 2 is 1.74 bits per heavy atom. The van der Waals surface area contributed by atoms with Crippen LogP contribution in [0, 0.1) is 0 Å². The van der Waals surface area contributed by atoms with E-state index in [2.05, 4.69) is 40.8 Å². The third-order valence-electron chi connectivity index (χ3n) is 3.28. The maximum atomic E-state index is 11.6. The summed E-state index contributed by atoms with van der Waals surface area (Å²) in [4.78, 5) is 0.108. The zero-order chi connectivity index (χ0) is 15.0. The van der Waals surface area contributed by atoms with Gasteiger partial charge in [-0.3, -0.25) is 4.55 Å². The van der Waals surface area contributed by atoms with Gasteiger partial charge in [-0.25, -0.2) is 0 Å². The Hall–Kier alpha value is -0.653. The van der Waals surface area contributed by atoms with Crippen LogP contribution in [-0.4, -0.2) is 21.8 Å². The van der Waals surface area contributed by atoms with Gasteiger partial charge in [0.15, 0.2) is 0 Å². The lowest BCUT2D eigenvalue weighted by Gasteiger charge is -2.29. The third-order valence-corrected chi connectivity index (χ3v) is 6.15. The molecule has 0 saturated heterocycles. The van der Waals surface area contributed by atoms with Crippen molar-refractivity contribution in [2.75, 3.05) is 0 Å². The molecule has 0 saturated carbocycles. The molecule has 0 atom stereocenters. The van der Waals surface area contributed by atoms with Crippen LogP contribution in [0.25, 0.3) is 0 Å². The van der Waals surface area contributed by atoms with Crippen LogP contribution >= 0.6 is 0 Å². The van der Waals surface area contributed by atoms with Gasteiger partial charge in [-0.15, -0.1) is 0 Å². The fraction of sp³-hybridized carbons (Fsp3) is 0.571. The molecular weight excluding hydrogens is 276 g/mol. The Labute approximate surface area is 118 Å². The van der Waals surface area contributed by atoms with E-state index in [9.17, 15) is 13.0 Å². The molecule has 1 N–H and O–H groups in total. The van der Waals surface area contributed by atoms with Crippen LogP contribution in [0.4, 0.5) is 0 Å². The minimum absolute atomic E-state index is 0.108. The molecule has 0 radical (unpaired) electrons. The molecule has 0 aromatic heterocycles. The number of benzene rings is 1. The van der Waals surface area contributed by atoms with Crippen molar-refractivity contribution in [3.63, 3.8) is 0 Å². The second-order valence-electron chi connectivity index (χ2n) is 6.24. The minimum Gasteiger partial charge on any atom is -0.282 e. The van der Waals surface area contributed by atoms with Crippen molar-refractivity contribution < 1.29 is 13.0 Å². The van der Waals surface area contributed by atoms with Gasteiger partial charge in [-0.2, -0.15) is 8.42 Å². The first-order valence-electron chi connectivity index (χ1n) is 6.63. The molecule has 0 bridgehead atoms. The molecule has 0 amide bonds. The van der Waals surface area contributed by atoms with Crippen LogP contribution in [0.3, 0.4) is 0 Å². The zero-order valence-corrected chi connectivity index (χ0v) is 14.6. The van der Waals surface area contributed by atoms with Crippen molar-refractivity contribution in [1.29, 1.82) is 0 Å². The predicted octanol–water partition coefficient (Wildman–Crippen LogP) is 2.49. The molecule has 0 heterocycles. The fourth-order valence-corrected chi connectivity index (χ4v) is 6.26. The largest absolute Gasteiger partial charge is 0.294 e. The topological polar surface area (TPSA) is 54.4 Å². The third kappa shape index (κ3) is 3.46. The van der Waals surface area contributed by atoms with Crippen LogP contribution < -0.4 is 5.19 Å². The van der Waals surface area contributed by atoms with Gasteiger partial charge in [-0.05, 0) is 34.2 Å². The van der Waals surface area contributed by atoms with Crippen LogP contribution in [0.15, 0.2) is 17.0 Å². The molecule has 1 aromatic carbocycles. The summed E-state index contributed by atoms with van der Waals surface area (Å²) in [6.07, 6.45) is 0.868. The standard InChI is InChI=1S/C14H24O3SSi/c1-7-10-8-9-11(18(15,16)17)13(19(5)6)12(10)14(2,3)4/h8-9,19H,7H2,1-6H3,(H,15,16,17). The molecule has 0 aliphatic rings.